The molecule has 0 aliphatic carbocycles. The molecule has 3 aromatic rings. The predicted octanol–water partition coefficient (Wildman–Crippen LogP) is 4.11. The Hall–Kier alpha value is -3.23. The number of aromatic hydroxyl groups is 1. The van der Waals surface area contributed by atoms with E-state index in [0.29, 0.717) is 16.3 Å². The molecule has 0 spiro atoms. The molecule has 0 aliphatic rings. The summed E-state index contributed by atoms with van der Waals surface area (Å²) in [5.41, 5.74) is 0.511. The first-order chi connectivity index (χ1) is 13.8. The van der Waals surface area contributed by atoms with E-state index < -0.39 is 15.9 Å². The molecule has 0 fully saturated rings. The fraction of sp³-hybridized carbons (Fsp3) is 0.0500. The molecule has 0 heterocycles. The molecule has 150 valence electrons. The van der Waals surface area contributed by atoms with Crippen molar-refractivity contribution >= 4 is 38.9 Å². The minimum Gasteiger partial charge on any atom is -0.506 e. The van der Waals surface area contributed by atoms with Crippen molar-refractivity contribution in [1.29, 1.82) is 0 Å². The molecule has 1 amide bonds. The van der Waals surface area contributed by atoms with Gasteiger partial charge in [-0.05, 0) is 54.6 Å². The van der Waals surface area contributed by atoms with Crippen LogP contribution in [-0.2, 0) is 10.0 Å². The number of nitrogens with one attached hydrogen (secondary N) is 2. The van der Waals surface area contributed by atoms with Crippen LogP contribution in [-0.4, -0.2) is 26.5 Å². The topological polar surface area (TPSA) is 105 Å². The van der Waals surface area contributed by atoms with Crippen LogP contribution < -0.4 is 14.8 Å². The van der Waals surface area contributed by atoms with Gasteiger partial charge in [-0.25, -0.2) is 8.42 Å². The van der Waals surface area contributed by atoms with Crippen molar-refractivity contribution in [2.75, 3.05) is 17.1 Å². The number of halogens is 1. The second kappa shape index (κ2) is 8.42. The number of phenolic OH excluding ortho intramolecular Hbond substituents is 1. The number of sulfonamides is 1. The van der Waals surface area contributed by atoms with Crippen LogP contribution >= 0.6 is 11.6 Å². The van der Waals surface area contributed by atoms with Crippen LogP contribution in [0.1, 0.15) is 10.4 Å². The van der Waals surface area contributed by atoms with E-state index in [-0.39, 0.29) is 22.0 Å². The van der Waals surface area contributed by atoms with Gasteiger partial charge in [-0.1, -0.05) is 23.7 Å². The fourth-order valence-corrected chi connectivity index (χ4v) is 3.73. The number of phenols is 1. The van der Waals surface area contributed by atoms with E-state index in [1.807, 2.05) is 0 Å². The summed E-state index contributed by atoms with van der Waals surface area (Å²) in [6.07, 6.45) is 0. The monoisotopic (exact) mass is 432 g/mol. The number of carbonyl (C=O) groups is 1. The van der Waals surface area contributed by atoms with Gasteiger partial charge in [-0.2, -0.15) is 0 Å². The average molecular weight is 433 g/mol. The van der Waals surface area contributed by atoms with Crippen LogP contribution in [0.3, 0.4) is 0 Å². The molecule has 0 aliphatic heterocycles. The maximum atomic E-state index is 12.8. The van der Waals surface area contributed by atoms with Crippen molar-refractivity contribution < 1.29 is 23.1 Å². The van der Waals surface area contributed by atoms with Crippen molar-refractivity contribution in [2.45, 2.75) is 4.90 Å². The molecule has 3 N–H and O–H groups in total. The third kappa shape index (κ3) is 4.79. The number of para-hydroxylation sites is 2. The summed E-state index contributed by atoms with van der Waals surface area (Å²) in [7, 11) is -2.57. The van der Waals surface area contributed by atoms with Gasteiger partial charge in [-0.3, -0.25) is 9.52 Å². The normalized spacial score (nSPS) is 11.0. The third-order valence-corrected chi connectivity index (χ3v) is 5.60. The maximum Gasteiger partial charge on any atom is 0.262 e. The molecule has 0 atom stereocenters. The number of carbonyl (C=O) groups excluding carboxylic acids is 1. The van der Waals surface area contributed by atoms with Crippen molar-refractivity contribution in [1.82, 2.24) is 0 Å². The minimum absolute atomic E-state index is 0.0483. The molecule has 29 heavy (non-hydrogen) atoms. The number of amides is 1. The zero-order valence-electron chi connectivity index (χ0n) is 15.2. The second-order valence-electron chi connectivity index (χ2n) is 5.95. The van der Waals surface area contributed by atoms with Crippen LogP contribution in [0.4, 0.5) is 11.4 Å². The highest BCUT2D eigenvalue weighted by molar-refractivity contribution is 7.92. The quantitative estimate of drug-likeness (QED) is 0.508. The molecule has 0 saturated carbocycles. The highest BCUT2D eigenvalue weighted by Crippen LogP contribution is 2.30. The second-order valence-corrected chi connectivity index (χ2v) is 8.06. The van der Waals surface area contributed by atoms with Crippen LogP contribution in [0.15, 0.2) is 71.6 Å². The van der Waals surface area contributed by atoms with Gasteiger partial charge in [0.15, 0.2) is 0 Å². The SMILES string of the molecule is COc1ccccc1NS(=O)(=O)c1ccc(O)c(NC(=O)c2ccc(Cl)cc2)c1. The first kappa shape index (κ1) is 20.5. The van der Waals surface area contributed by atoms with E-state index in [2.05, 4.69) is 10.0 Å². The lowest BCUT2D eigenvalue weighted by molar-refractivity contribution is 0.102. The highest BCUT2D eigenvalue weighted by Gasteiger charge is 2.19. The van der Waals surface area contributed by atoms with E-state index in [1.165, 1.54) is 37.4 Å². The summed E-state index contributed by atoms with van der Waals surface area (Å²) in [6, 6.07) is 16.3. The first-order valence-electron chi connectivity index (χ1n) is 8.36. The Morgan fingerprint density at radius 2 is 1.69 bits per heavy atom. The van der Waals surface area contributed by atoms with E-state index in [9.17, 15) is 18.3 Å². The van der Waals surface area contributed by atoms with E-state index >= 15 is 0 Å². The third-order valence-electron chi connectivity index (χ3n) is 3.98. The number of benzene rings is 3. The summed E-state index contributed by atoms with van der Waals surface area (Å²) in [5, 5.41) is 13.0. The summed E-state index contributed by atoms with van der Waals surface area (Å²) < 4.78 is 33.1. The molecule has 3 rings (SSSR count). The van der Waals surface area contributed by atoms with E-state index in [0.717, 1.165) is 0 Å². The zero-order chi connectivity index (χ0) is 21.0. The standard InChI is InChI=1S/C20H17ClN2O5S/c1-28-19-5-3-2-4-16(19)23-29(26,27)15-10-11-18(24)17(12-15)22-20(25)13-6-8-14(21)9-7-13/h2-12,23-24H,1H3,(H,22,25). The summed E-state index contributed by atoms with van der Waals surface area (Å²) in [6.45, 7) is 0. The van der Waals surface area contributed by atoms with Crippen LogP contribution in [0.5, 0.6) is 11.5 Å². The van der Waals surface area contributed by atoms with Crippen LogP contribution in [0.2, 0.25) is 5.02 Å². The predicted molar refractivity (Wildman–Crippen MR) is 111 cm³/mol. The van der Waals surface area contributed by atoms with Crippen LogP contribution in [0.25, 0.3) is 0 Å². The molecule has 3 aromatic carbocycles. The van der Waals surface area contributed by atoms with E-state index in [4.69, 9.17) is 16.3 Å². The lowest BCUT2D eigenvalue weighted by Crippen LogP contribution is -2.15. The van der Waals surface area contributed by atoms with Gasteiger partial charge >= 0.3 is 0 Å². The average Bonchev–Trinajstić information content (AvgIpc) is 2.70. The Morgan fingerprint density at radius 1 is 1.00 bits per heavy atom. The maximum absolute atomic E-state index is 12.8. The van der Waals surface area contributed by atoms with Gasteiger partial charge in [0.1, 0.15) is 11.5 Å². The highest BCUT2D eigenvalue weighted by atomic mass is 35.5. The van der Waals surface area contributed by atoms with E-state index in [1.54, 1.807) is 36.4 Å². The molecule has 0 unspecified atom stereocenters. The molecule has 0 aromatic heterocycles. The number of ether oxygens (including phenoxy) is 1. The summed E-state index contributed by atoms with van der Waals surface area (Å²) in [5.74, 6) is -0.445. The van der Waals surface area contributed by atoms with Crippen molar-refractivity contribution in [3.63, 3.8) is 0 Å². The molecule has 0 radical (unpaired) electrons. The summed E-state index contributed by atoms with van der Waals surface area (Å²) >= 11 is 5.81. The van der Waals surface area contributed by atoms with Gasteiger partial charge in [-0.15, -0.1) is 0 Å². The molecule has 0 bridgehead atoms. The lowest BCUT2D eigenvalue weighted by Gasteiger charge is -2.13. The number of hydrogen-bond acceptors (Lipinski definition) is 5. The van der Waals surface area contributed by atoms with Gasteiger partial charge < -0.3 is 15.2 Å². The Bertz CT molecular complexity index is 1150. The Morgan fingerprint density at radius 3 is 2.38 bits per heavy atom. The molecule has 9 heteroatoms. The largest absolute Gasteiger partial charge is 0.506 e. The Kier molecular flexibility index (Phi) is 5.95. The smallest absolute Gasteiger partial charge is 0.262 e. The number of hydrogen-bond donors (Lipinski definition) is 3. The van der Waals surface area contributed by atoms with Gasteiger partial charge in [0.25, 0.3) is 15.9 Å². The Labute approximate surface area is 173 Å². The molecule has 0 saturated heterocycles. The fourth-order valence-electron chi connectivity index (χ4n) is 2.51. The molecule has 7 nitrogen and oxygen atoms in total. The number of anilines is 2. The minimum atomic E-state index is -4.00. The lowest BCUT2D eigenvalue weighted by atomic mass is 10.2. The zero-order valence-corrected chi connectivity index (χ0v) is 16.8. The van der Waals surface area contributed by atoms with Gasteiger partial charge in [0.05, 0.1) is 23.4 Å². The van der Waals surface area contributed by atoms with Crippen LogP contribution in [0, 0.1) is 0 Å². The number of rotatable bonds is 6. The van der Waals surface area contributed by atoms with Gasteiger partial charge in [0, 0.05) is 10.6 Å². The Balaban J connectivity index is 1.87. The number of methoxy groups -OCH3 is 1. The first-order valence-corrected chi connectivity index (χ1v) is 10.2. The summed E-state index contributed by atoms with van der Waals surface area (Å²) in [4.78, 5) is 12.2. The van der Waals surface area contributed by atoms with Crippen molar-refractivity contribution in [2.24, 2.45) is 0 Å². The van der Waals surface area contributed by atoms with Gasteiger partial charge in [0.2, 0.25) is 0 Å². The molecular formula is C20H17ClN2O5S. The van der Waals surface area contributed by atoms with Crippen molar-refractivity contribution in [3.05, 3.63) is 77.3 Å². The molecular weight excluding hydrogens is 416 g/mol. The van der Waals surface area contributed by atoms with Crippen molar-refractivity contribution in [3.8, 4) is 11.5 Å².